The highest BCUT2D eigenvalue weighted by atomic mass is 16.5. The molecule has 0 saturated heterocycles. The second-order valence-corrected chi connectivity index (χ2v) is 9.03. The molecule has 2 N–H and O–H groups in total. The topological polar surface area (TPSA) is 132 Å². The molecule has 1 heterocycles. The van der Waals surface area contributed by atoms with Crippen LogP contribution < -0.4 is 10.2 Å². The van der Waals surface area contributed by atoms with Crippen LogP contribution in [0.5, 0.6) is 5.75 Å². The van der Waals surface area contributed by atoms with E-state index in [2.05, 4.69) is 15.5 Å². The molecule has 0 bridgehead atoms. The lowest BCUT2D eigenvalue weighted by Gasteiger charge is -2.32. The summed E-state index contributed by atoms with van der Waals surface area (Å²) in [6.45, 7) is 0.464. The predicted molar refractivity (Wildman–Crippen MR) is 144 cm³/mol. The van der Waals surface area contributed by atoms with Gasteiger partial charge in [0.2, 0.25) is 5.90 Å². The van der Waals surface area contributed by atoms with Crippen molar-refractivity contribution in [2.75, 3.05) is 27.3 Å². The quantitative estimate of drug-likeness (QED) is 0.128. The molecule has 38 heavy (non-hydrogen) atoms. The number of amides is 1. The van der Waals surface area contributed by atoms with Crippen LogP contribution in [-0.4, -0.2) is 54.8 Å². The van der Waals surface area contributed by atoms with Crippen LogP contribution in [0.2, 0.25) is 0 Å². The molecule has 1 aliphatic rings. The van der Waals surface area contributed by atoms with E-state index in [1.54, 1.807) is 43.4 Å². The highest BCUT2D eigenvalue weighted by Crippen LogP contribution is 2.43. The standard InChI is InChI=1S/C28H30N6O4/c1-34(2)32-27(36)28(19-22-11-6-7-12-24(22)31-33-29)25(20-9-4-3-5-10-20)38-26(30-28)21-13-15-23(16-14-21)37-18-8-17-35/h3-7,9-16,25,35H,8,17-19H2,1-2H3,(H,32,36)/t25-,28-/m0/s1. The Morgan fingerprint density at radius 2 is 1.84 bits per heavy atom. The minimum Gasteiger partial charge on any atom is -0.494 e. The van der Waals surface area contributed by atoms with Gasteiger partial charge in [0.25, 0.3) is 5.91 Å². The van der Waals surface area contributed by atoms with E-state index in [1.165, 1.54) is 0 Å². The van der Waals surface area contributed by atoms with E-state index in [4.69, 9.17) is 25.1 Å². The van der Waals surface area contributed by atoms with Crippen molar-refractivity contribution < 1.29 is 19.4 Å². The number of aliphatic imine (C=N–C) groups is 1. The van der Waals surface area contributed by atoms with Crippen molar-refractivity contribution in [3.05, 3.63) is 106 Å². The molecule has 0 fully saturated rings. The van der Waals surface area contributed by atoms with E-state index < -0.39 is 11.6 Å². The third-order valence-corrected chi connectivity index (χ3v) is 6.06. The van der Waals surface area contributed by atoms with Crippen molar-refractivity contribution in [1.29, 1.82) is 0 Å². The number of azide groups is 1. The third-order valence-electron chi connectivity index (χ3n) is 6.06. The van der Waals surface area contributed by atoms with Gasteiger partial charge in [0.15, 0.2) is 11.6 Å². The maximum Gasteiger partial charge on any atom is 0.266 e. The molecule has 3 aromatic rings. The van der Waals surface area contributed by atoms with Gasteiger partial charge in [0.1, 0.15) is 5.75 Å². The smallest absolute Gasteiger partial charge is 0.266 e. The zero-order valence-corrected chi connectivity index (χ0v) is 21.3. The van der Waals surface area contributed by atoms with E-state index >= 15 is 0 Å². The van der Waals surface area contributed by atoms with Crippen molar-refractivity contribution in [2.45, 2.75) is 24.5 Å². The number of nitrogens with one attached hydrogen (secondary N) is 1. The summed E-state index contributed by atoms with van der Waals surface area (Å²) < 4.78 is 12.1. The van der Waals surface area contributed by atoms with Crippen LogP contribution in [0.1, 0.15) is 29.2 Å². The number of hydrazine groups is 1. The molecule has 10 heteroatoms. The first-order valence-electron chi connectivity index (χ1n) is 12.2. The normalized spacial score (nSPS) is 18.3. The van der Waals surface area contributed by atoms with Gasteiger partial charge in [-0.3, -0.25) is 10.2 Å². The Morgan fingerprint density at radius 1 is 1.13 bits per heavy atom. The molecule has 3 aromatic carbocycles. The molecule has 1 amide bonds. The maximum atomic E-state index is 13.9. The highest BCUT2D eigenvalue weighted by Gasteiger charge is 2.53. The lowest BCUT2D eigenvalue weighted by atomic mass is 9.81. The second-order valence-electron chi connectivity index (χ2n) is 9.03. The predicted octanol–water partition coefficient (Wildman–Crippen LogP) is 4.48. The molecular weight excluding hydrogens is 484 g/mol. The maximum absolute atomic E-state index is 13.9. The number of aliphatic hydroxyl groups excluding tert-OH is 1. The van der Waals surface area contributed by atoms with Gasteiger partial charge in [-0.1, -0.05) is 59.7 Å². The molecule has 10 nitrogen and oxygen atoms in total. The molecule has 0 aromatic heterocycles. The number of hydrogen-bond donors (Lipinski definition) is 2. The van der Waals surface area contributed by atoms with Gasteiger partial charge >= 0.3 is 0 Å². The van der Waals surface area contributed by atoms with Crippen LogP contribution in [0.15, 0.2) is 89.0 Å². The monoisotopic (exact) mass is 514 g/mol. The van der Waals surface area contributed by atoms with E-state index in [0.29, 0.717) is 41.5 Å². The third kappa shape index (κ3) is 5.95. The van der Waals surface area contributed by atoms with Gasteiger partial charge < -0.3 is 14.6 Å². The summed E-state index contributed by atoms with van der Waals surface area (Å²) >= 11 is 0. The molecule has 0 unspecified atom stereocenters. The first-order chi connectivity index (χ1) is 18.5. The fourth-order valence-electron chi connectivity index (χ4n) is 4.31. The number of nitrogens with zero attached hydrogens (tertiary/aromatic N) is 5. The molecule has 1 aliphatic heterocycles. The molecular formula is C28H30N6O4. The Kier molecular flexibility index (Phi) is 8.60. The second kappa shape index (κ2) is 12.2. The molecule has 0 spiro atoms. The van der Waals surface area contributed by atoms with E-state index in [1.807, 2.05) is 54.6 Å². The van der Waals surface area contributed by atoms with Gasteiger partial charge in [-0.25, -0.2) is 10.0 Å². The van der Waals surface area contributed by atoms with Crippen LogP contribution >= 0.6 is 0 Å². The van der Waals surface area contributed by atoms with Crippen molar-refractivity contribution in [3.63, 3.8) is 0 Å². The molecule has 0 radical (unpaired) electrons. The zero-order valence-electron chi connectivity index (χ0n) is 21.3. The summed E-state index contributed by atoms with van der Waals surface area (Å²) in [5, 5.41) is 14.4. The van der Waals surface area contributed by atoms with Crippen LogP contribution in [0.25, 0.3) is 10.4 Å². The van der Waals surface area contributed by atoms with Gasteiger partial charge in [-0.15, -0.1) is 0 Å². The first-order valence-corrected chi connectivity index (χ1v) is 12.2. The van der Waals surface area contributed by atoms with Crippen molar-refractivity contribution >= 4 is 17.5 Å². The molecule has 196 valence electrons. The lowest BCUT2D eigenvalue weighted by molar-refractivity contribution is -0.132. The first kappa shape index (κ1) is 26.7. The molecule has 0 saturated carbocycles. The van der Waals surface area contributed by atoms with Crippen LogP contribution in [0.3, 0.4) is 0 Å². The Morgan fingerprint density at radius 3 is 2.53 bits per heavy atom. The Bertz CT molecular complexity index is 1320. The van der Waals surface area contributed by atoms with Gasteiger partial charge in [0.05, 0.1) is 6.61 Å². The number of rotatable bonds is 11. The highest BCUT2D eigenvalue weighted by molar-refractivity contribution is 6.01. The summed E-state index contributed by atoms with van der Waals surface area (Å²) in [4.78, 5) is 21.8. The van der Waals surface area contributed by atoms with Crippen LogP contribution in [0, 0.1) is 0 Å². The number of carbonyl (C=O) groups is 1. The van der Waals surface area contributed by atoms with E-state index in [-0.39, 0.29) is 18.9 Å². The van der Waals surface area contributed by atoms with Crippen molar-refractivity contribution in [1.82, 2.24) is 10.4 Å². The average molecular weight is 515 g/mol. The zero-order chi connectivity index (χ0) is 27.0. The van der Waals surface area contributed by atoms with Crippen LogP contribution in [0.4, 0.5) is 5.69 Å². The molecule has 0 aliphatic carbocycles. The van der Waals surface area contributed by atoms with Crippen molar-refractivity contribution in [2.24, 2.45) is 10.1 Å². The largest absolute Gasteiger partial charge is 0.494 e. The summed E-state index contributed by atoms with van der Waals surface area (Å²) in [6.07, 6.45) is -0.0806. The Labute approximate surface area is 221 Å². The SMILES string of the molecule is CN(C)NC(=O)[C@@]1(Cc2ccccc2N=[N+]=[N-])N=C(c2ccc(OCCCO)cc2)O[C@H]1c1ccccc1. The van der Waals surface area contributed by atoms with Gasteiger partial charge in [-0.2, -0.15) is 0 Å². The fraction of sp³-hybridized carbons (Fsp3) is 0.286. The van der Waals surface area contributed by atoms with E-state index in [0.717, 1.165) is 5.56 Å². The molecule has 4 rings (SSSR count). The number of ether oxygens (including phenoxy) is 2. The summed E-state index contributed by atoms with van der Waals surface area (Å²) in [5.74, 6) is 0.613. The summed E-state index contributed by atoms with van der Waals surface area (Å²) in [6, 6.07) is 23.9. The van der Waals surface area contributed by atoms with Crippen molar-refractivity contribution in [3.8, 4) is 5.75 Å². The average Bonchev–Trinajstić information content (AvgIpc) is 3.31. The number of benzene rings is 3. The number of aliphatic hydroxyl groups is 1. The Balaban J connectivity index is 1.81. The van der Waals surface area contributed by atoms with Gasteiger partial charge in [0, 0.05) is 49.7 Å². The fourth-order valence-corrected chi connectivity index (χ4v) is 4.31. The minimum absolute atomic E-state index is 0.0590. The summed E-state index contributed by atoms with van der Waals surface area (Å²) in [7, 11) is 3.46. The molecule has 2 atom stereocenters. The lowest BCUT2D eigenvalue weighted by Crippen LogP contribution is -2.53. The van der Waals surface area contributed by atoms with Gasteiger partial charge in [-0.05, 0) is 40.9 Å². The van der Waals surface area contributed by atoms with E-state index in [9.17, 15) is 4.79 Å². The van der Waals surface area contributed by atoms with Crippen LogP contribution in [-0.2, 0) is 16.0 Å². The number of carbonyl (C=O) groups excluding carboxylic acids is 1. The minimum atomic E-state index is -1.40. The Hall–Kier alpha value is -4.37. The number of hydrogen-bond acceptors (Lipinski definition) is 7. The summed E-state index contributed by atoms with van der Waals surface area (Å²) in [5.41, 5.74) is 13.1.